The predicted molar refractivity (Wildman–Crippen MR) is 113 cm³/mol. The van der Waals surface area contributed by atoms with Gasteiger partial charge in [0, 0.05) is 43.7 Å². The van der Waals surface area contributed by atoms with Crippen LogP contribution < -0.4 is 4.74 Å². The molecule has 0 radical (unpaired) electrons. The van der Waals surface area contributed by atoms with E-state index in [1.54, 1.807) is 13.2 Å². The second-order valence-electron chi connectivity index (χ2n) is 7.34. The van der Waals surface area contributed by atoms with Gasteiger partial charge < -0.3 is 14.1 Å². The van der Waals surface area contributed by atoms with E-state index in [9.17, 15) is 9.18 Å². The maximum atomic E-state index is 13.6. The van der Waals surface area contributed by atoms with Gasteiger partial charge >= 0.3 is 0 Å². The van der Waals surface area contributed by atoms with Gasteiger partial charge in [0.05, 0.1) is 19.2 Å². The van der Waals surface area contributed by atoms with Gasteiger partial charge in [-0.3, -0.25) is 9.69 Å². The zero-order valence-electron chi connectivity index (χ0n) is 17.1. The molecular weight excluding hydrogens is 405 g/mol. The number of amides is 1. The molecule has 1 aliphatic rings. The molecule has 2 aromatic heterocycles. The second kappa shape index (κ2) is 8.97. The van der Waals surface area contributed by atoms with E-state index >= 15 is 0 Å². The molecule has 0 saturated carbocycles. The molecule has 1 aliphatic heterocycles. The van der Waals surface area contributed by atoms with Crippen molar-refractivity contribution in [2.45, 2.75) is 19.9 Å². The molecule has 4 rings (SSSR count). The summed E-state index contributed by atoms with van der Waals surface area (Å²) in [4.78, 5) is 21.3. The molecule has 0 N–H and O–H groups in total. The van der Waals surface area contributed by atoms with Crippen LogP contribution in [0.5, 0.6) is 5.75 Å². The number of carbonyl (C=O) groups excluding carboxylic acids is 1. The number of methoxy groups -OCH3 is 1. The number of furan rings is 1. The Morgan fingerprint density at radius 3 is 2.73 bits per heavy atom. The van der Waals surface area contributed by atoms with Crippen molar-refractivity contribution in [1.82, 2.24) is 14.8 Å². The summed E-state index contributed by atoms with van der Waals surface area (Å²) >= 11 is 1.48. The highest BCUT2D eigenvalue weighted by atomic mass is 32.1. The molecule has 0 unspecified atom stereocenters. The minimum atomic E-state index is -0.271. The highest BCUT2D eigenvalue weighted by molar-refractivity contribution is 7.13. The number of piperazine rings is 1. The highest BCUT2D eigenvalue weighted by Crippen LogP contribution is 2.26. The number of aromatic nitrogens is 1. The summed E-state index contributed by atoms with van der Waals surface area (Å²) in [5.74, 6) is 2.06. The number of nitrogens with zero attached hydrogens (tertiary/aromatic N) is 3. The first-order chi connectivity index (χ1) is 14.5. The molecule has 1 amide bonds. The maximum Gasteiger partial charge on any atom is 0.228 e. The van der Waals surface area contributed by atoms with Gasteiger partial charge in [0.25, 0.3) is 0 Å². The van der Waals surface area contributed by atoms with Crippen LogP contribution in [0.25, 0.3) is 10.8 Å². The van der Waals surface area contributed by atoms with Gasteiger partial charge in [0.15, 0.2) is 10.8 Å². The van der Waals surface area contributed by atoms with Crippen molar-refractivity contribution in [3.8, 4) is 16.5 Å². The van der Waals surface area contributed by atoms with Crippen LogP contribution in [0.1, 0.15) is 17.0 Å². The minimum absolute atomic E-state index is 0.0745. The number of benzene rings is 1. The fourth-order valence-corrected chi connectivity index (χ4v) is 4.36. The zero-order chi connectivity index (χ0) is 21.1. The van der Waals surface area contributed by atoms with Gasteiger partial charge in [-0.25, -0.2) is 9.37 Å². The highest BCUT2D eigenvalue weighted by Gasteiger charge is 2.23. The average molecular weight is 430 g/mol. The molecule has 0 spiro atoms. The van der Waals surface area contributed by atoms with Gasteiger partial charge in [-0.15, -0.1) is 11.3 Å². The summed E-state index contributed by atoms with van der Waals surface area (Å²) in [5.41, 5.74) is 1.58. The average Bonchev–Trinajstić information content (AvgIpc) is 3.37. The summed E-state index contributed by atoms with van der Waals surface area (Å²) in [5, 5.41) is 2.71. The van der Waals surface area contributed by atoms with Crippen LogP contribution in [0.3, 0.4) is 0 Å². The Morgan fingerprint density at radius 1 is 1.23 bits per heavy atom. The van der Waals surface area contributed by atoms with E-state index in [1.807, 2.05) is 29.3 Å². The maximum absolute atomic E-state index is 13.6. The van der Waals surface area contributed by atoms with E-state index < -0.39 is 0 Å². The van der Waals surface area contributed by atoms with Crippen molar-refractivity contribution in [2.24, 2.45) is 0 Å². The fraction of sp³-hybridized carbons (Fsp3) is 0.364. The summed E-state index contributed by atoms with van der Waals surface area (Å²) in [6.45, 7) is 5.25. The Hall–Kier alpha value is -2.71. The van der Waals surface area contributed by atoms with Gasteiger partial charge in [-0.1, -0.05) is 0 Å². The zero-order valence-corrected chi connectivity index (χ0v) is 17.9. The SMILES string of the molecule is COc1ccc(F)cc1CN1CCN(C(=O)Cc2csc(-c3ccc(C)o3)n2)CC1. The molecule has 1 saturated heterocycles. The second-order valence-corrected chi connectivity index (χ2v) is 8.20. The fourth-order valence-electron chi connectivity index (χ4n) is 3.58. The molecule has 6 nitrogen and oxygen atoms in total. The first-order valence-corrected chi connectivity index (χ1v) is 10.7. The quantitative estimate of drug-likeness (QED) is 0.597. The van der Waals surface area contributed by atoms with Crippen molar-refractivity contribution in [3.05, 3.63) is 58.5 Å². The van der Waals surface area contributed by atoms with Crippen molar-refractivity contribution in [3.63, 3.8) is 0 Å². The van der Waals surface area contributed by atoms with E-state index in [-0.39, 0.29) is 18.1 Å². The lowest BCUT2D eigenvalue weighted by Crippen LogP contribution is -2.48. The van der Waals surface area contributed by atoms with E-state index in [2.05, 4.69) is 9.88 Å². The van der Waals surface area contributed by atoms with E-state index in [4.69, 9.17) is 9.15 Å². The molecule has 1 aromatic carbocycles. The molecule has 0 bridgehead atoms. The van der Waals surface area contributed by atoms with Gasteiger partial charge in [0.2, 0.25) is 5.91 Å². The summed E-state index contributed by atoms with van der Waals surface area (Å²) in [6, 6.07) is 8.36. The number of halogens is 1. The smallest absolute Gasteiger partial charge is 0.228 e. The van der Waals surface area contributed by atoms with Gasteiger partial charge in [-0.05, 0) is 37.3 Å². The molecule has 8 heteroatoms. The van der Waals surface area contributed by atoms with E-state index in [1.165, 1.54) is 23.5 Å². The number of hydrogen-bond donors (Lipinski definition) is 0. The summed E-state index contributed by atoms with van der Waals surface area (Å²) < 4.78 is 24.5. The molecule has 0 aliphatic carbocycles. The third-order valence-electron chi connectivity index (χ3n) is 5.20. The molecule has 3 heterocycles. The lowest BCUT2D eigenvalue weighted by Gasteiger charge is -2.35. The minimum Gasteiger partial charge on any atom is -0.496 e. The Bertz CT molecular complexity index is 1020. The predicted octanol–water partition coefficient (Wildman–Crippen LogP) is 3.75. The van der Waals surface area contributed by atoms with Crippen LogP contribution >= 0.6 is 11.3 Å². The largest absolute Gasteiger partial charge is 0.496 e. The third kappa shape index (κ3) is 4.71. The number of hydrogen-bond acceptors (Lipinski definition) is 6. The van der Waals surface area contributed by atoms with Crippen LogP contribution in [-0.2, 0) is 17.8 Å². The molecular formula is C22H24FN3O3S. The van der Waals surface area contributed by atoms with E-state index in [0.29, 0.717) is 25.4 Å². The van der Waals surface area contributed by atoms with Crippen molar-refractivity contribution >= 4 is 17.2 Å². The normalized spacial score (nSPS) is 14.8. The lowest BCUT2D eigenvalue weighted by atomic mass is 10.1. The number of ether oxygens (including phenoxy) is 1. The molecule has 0 atom stereocenters. The van der Waals surface area contributed by atoms with Gasteiger partial charge in [-0.2, -0.15) is 0 Å². The van der Waals surface area contributed by atoms with Crippen LogP contribution in [-0.4, -0.2) is 54.0 Å². The Labute approximate surface area is 178 Å². The number of thiazole rings is 1. The van der Waals surface area contributed by atoms with Crippen LogP contribution in [0.15, 0.2) is 40.1 Å². The van der Waals surface area contributed by atoms with Crippen molar-refractivity contribution in [1.29, 1.82) is 0 Å². The van der Waals surface area contributed by atoms with Gasteiger partial charge in [0.1, 0.15) is 17.3 Å². The number of carbonyl (C=O) groups is 1. The summed E-state index contributed by atoms with van der Waals surface area (Å²) in [6.07, 6.45) is 0.286. The number of aryl methyl sites for hydroxylation is 1. The van der Waals surface area contributed by atoms with Crippen LogP contribution in [0.4, 0.5) is 4.39 Å². The molecule has 30 heavy (non-hydrogen) atoms. The third-order valence-corrected chi connectivity index (χ3v) is 6.10. The number of rotatable bonds is 6. The molecule has 1 fully saturated rings. The van der Waals surface area contributed by atoms with Crippen LogP contribution in [0.2, 0.25) is 0 Å². The van der Waals surface area contributed by atoms with E-state index in [0.717, 1.165) is 40.9 Å². The lowest BCUT2D eigenvalue weighted by molar-refractivity contribution is -0.132. The molecule has 3 aromatic rings. The Morgan fingerprint density at radius 2 is 2.03 bits per heavy atom. The van der Waals surface area contributed by atoms with Crippen molar-refractivity contribution < 1.29 is 18.3 Å². The topological polar surface area (TPSA) is 58.8 Å². The monoisotopic (exact) mass is 429 g/mol. The van der Waals surface area contributed by atoms with Crippen LogP contribution in [0, 0.1) is 12.7 Å². The first kappa shape index (κ1) is 20.6. The standard InChI is InChI=1S/C22H24FN3O3S/c1-15-3-5-20(29-15)22-24-18(14-30-22)12-21(27)26-9-7-25(8-10-26)13-16-11-17(23)4-6-19(16)28-2/h3-6,11,14H,7-10,12-13H2,1-2H3. The first-order valence-electron chi connectivity index (χ1n) is 9.85. The molecule has 158 valence electrons. The Kier molecular flexibility index (Phi) is 6.15. The van der Waals surface area contributed by atoms with Crippen molar-refractivity contribution in [2.75, 3.05) is 33.3 Å². The summed E-state index contributed by atoms with van der Waals surface area (Å²) in [7, 11) is 1.59. The Balaban J connectivity index is 1.31.